The highest BCUT2D eigenvalue weighted by Crippen LogP contribution is 2.33. The molecule has 0 bridgehead atoms. The Bertz CT molecular complexity index is 457. The summed E-state index contributed by atoms with van der Waals surface area (Å²) in [5.41, 5.74) is 7.84. The molecule has 1 saturated heterocycles. The van der Waals surface area contributed by atoms with E-state index in [1.165, 1.54) is 5.56 Å². The van der Waals surface area contributed by atoms with Gasteiger partial charge in [0, 0.05) is 19.0 Å². The molecule has 0 aliphatic carbocycles. The number of ether oxygens (including phenoxy) is 1. The molecule has 2 N–H and O–H groups in total. The van der Waals surface area contributed by atoms with Crippen LogP contribution in [0.25, 0.3) is 0 Å². The van der Waals surface area contributed by atoms with Crippen molar-refractivity contribution in [3.63, 3.8) is 0 Å². The highest BCUT2D eigenvalue weighted by molar-refractivity contribution is 5.97. The number of nitrogens with zero attached hydrogens (tertiary/aromatic N) is 1. The average Bonchev–Trinajstić information content (AvgIpc) is 2.67. The predicted molar refractivity (Wildman–Crippen MR) is 72.0 cm³/mol. The Morgan fingerprint density at radius 3 is 2.67 bits per heavy atom. The molecule has 1 aliphatic heterocycles. The molecular formula is C14H20N2O2. The number of amides is 1. The van der Waals surface area contributed by atoms with Crippen LogP contribution in [0.4, 0.5) is 5.69 Å². The van der Waals surface area contributed by atoms with Gasteiger partial charge in [0.1, 0.15) is 5.75 Å². The third-order valence-electron chi connectivity index (χ3n) is 3.32. The largest absolute Gasteiger partial charge is 0.495 e. The maximum absolute atomic E-state index is 11.9. The van der Waals surface area contributed by atoms with E-state index in [9.17, 15) is 4.79 Å². The van der Waals surface area contributed by atoms with Gasteiger partial charge in [-0.2, -0.15) is 0 Å². The Morgan fingerprint density at radius 2 is 2.17 bits per heavy atom. The van der Waals surface area contributed by atoms with Gasteiger partial charge in [-0.15, -0.1) is 0 Å². The van der Waals surface area contributed by atoms with Gasteiger partial charge in [0.05, 0.1) is 12.8 Å². The SMILES string of the molecule is COc1cc(C(C)C)ccc1N1CC(N)CC1=O. The fourth-order valence-electron chi connectivity index (χ4n) is 2.24. The van der Waals surface area contributed by atoms with E-state index in [0.717, 1.165) is 11.4 Å². The van der Waals surface area contributed by atoms with E-state index >= 15 is 0 Å². The van der Waals surface area contributed by atoms with Gasteiger partial charge >= 0.3 is 0 Å². The Kier molecular flexibility index (Phi) is 3.57. The van der Waals surface area contributed by atoms with Crippen molar-refractivity contribution in [2.24, 2.45) is 5.73 Å². The summed E-state index contributed by atoms with van der Waals surface area (Å²) >= 11 is 0. The van der Waals surface area contributed by atoms with Crippen LogP contribution in [0, 0.1) is 0 Å². The van der Waals surface area contributed by atoms with Crippen molar-refractivity contribution in [3.05, 3.63) is 23.8 Å². The zero-order valence-electron chi connectivity index (χ0n) is 11.1. The topological polar surface area (TPSA) is 55.6 Å². The molecule has 1 aromatic rings. The van der Waals surface area contributed by atoms with E-state index in [2.05, 4.69) is 13.8 Å². The van der Waals surface area contributed by atoms with E-state index in [0.29, 0.717) is 18.9 Å². The first kappa shape index (κ1) is 12.9. The second-order valence-electron chi connectivity index (χ2n) is 5.05. The highest BCUT2D eigenvalue weighted by Gasteiger charge is 2.29. The monoisotopic (exact) mass is 248 g/mol. The molecule has 4 nitrogen and oxygen atoms in total. The normalized spacial score (nSPS) is 19.7. The summed E-state index contributed by atoms with van der Waals surface area (Å²) in [6, 6.07) is 5.91. The van der Waals surface area contributed by atoms with Crippen molar-refractivity contribution in [1.82, 2.24) is 0 Å². The Balaban J connectivity index is 2.36. The maximum atomic E-state index is 11.9. The predicted octanol–water partition coefficient (Wildman–Crippen LogP) is 1.88. The van der Waals surface area contributed by atoms with Crippen LogP contribution in [0.15, 0.2) is 18.2 Å². The van der Waals surface area contributed by atoms with Gasteiger partial charge in [0.2, 0.25) is 5.91 Å². The average molecular weight is 248 g/mol. The molecule has 0 spiro atoms. The molecule has 4 heteroatoms. The Hall–Kier alpha value is -1.55. The molecule has 1 aromatic carbocycles. The first-order valence-corrected chi connectivity index (χ1v) is 6.26. The number of nitrogens with two attached hydrogens (primary N) is 1. The first-order chi connectivity index (χ1) is 8.52. The van der Waals surface area contributed by atoms with Crippen LogP contribution in [0.3, 0.4) is 0 Å². The van der Waals surface area contributed by atoms with Gasteiger partial charge in [-0.3, -0.25) is 4.79 Å². The summed E-state index contributed by atoms with van der Waals surface area (Å²) in [5.74, 6) is 1.24. The lowest BCUT2D eigenvalue weighted by Gasteiger charge is -2.20. The van der Waals surface area contributed by atoms with Crippen molar-refractivity contribution in [1.29, 1.82) is 0 Å². The lowest BCUT2D eigenvalue weighted by atomic mass is 10.0. The molecule has 1 atom stereocenters. The molecule has 18 heavy (non-hydrogen) atoms. The number of anilines is 1. The molecule has 1 fully saturated rings. The van der Waals surface area contributed by atoms with E-state index in [4.69, 9.17) is 10.5 Å². The van der Waals surface area contributed by atoms with Gasteiger partial charge in [0.25, 0.3) is 0 Å². The van der Waals surface area contributed by atoms with E-state index in [1.807, 2.05) is 18.2 Å². The van der Waals surface area contributed by atoms with E-state index in [1.54, 1.807) is 12.0 Å². The van der Waals surface area contributed by atoms with E-state index in [-0.39, 0.29) is 11.9 Å². The van der Waals surface area contributed by atoms with Crippen molar-refractivity contribution in [2.75, 3.05) is 18.6 Å². The van der Waals surface area contributed by atoms with Gasteiger partial charge in [-0.1, -0.05) is 19.9 Å². The number of carbonyl (C=O) groups is 1. The maximum Gasteiger partial charge on any atom is 0.228 e. The fourth-order valence-corrected chi connectivity index (χ4v) is 2.24. The second-order valence-corrected chi connectivity index (χ2v) is 5.05. The smallest absolute Gasteiger partial charge is 0.228 e. The summed E-state index contributed by atoms with van der Waals surface area (Å²) < 4.78 is 5.40. The van der Waals surface area contributed by atoms with Crippen LogP contribution in [-0.2, 0) is 4.79 Å². The lowest BCUT2D eigenvalue weighted by molar-refractivity contribution is -0.117. The molecule has 0 radical (unpaired) electrons. The zero-order valence-corrected chi connectivity index (χ0v) is 11.1. The van der Waals surface area contributed by atoms with Crippen molar-refractivity contribution in [3.8, 4) is 5.75 Å². The summed E-state index contributed by atoms with van der Waals surface area (Å²) in [5, 5.41) is 0. The minimum absolute atomic E-state index is 0.0677. The molecular weight excluding hydrogens is 228 g/mol. The number of rotatable bonds is 3. The minimum Gasteiger partial charge on any atom is -0.495 e. The summed E-state index contributed by atoms with van der Waals surface area (Å²) in [4.78, 5) is 13.6. The van der Waals surface area contributed by atoms with Crippen LogP contribution in [-0.4, -0.2) is 25.6 Å². The van der Waals surface area contributed by atoms with Crippen molar-refractivity contribution in [2.45, 2.75) is 32.2 Å². The third kappa shape index (κ3) is 2.34. The molecule has 0 saturated carbocycles. The molecule has 1 aliphatic rings. The summed E-state index contributed by atoms with van der Waals surface area (Å²) in [7, 11) is 1.63. The molecule has 0 aromatic heterocycles. The first-order valence-electron chi connectivity index (χ1n) is 6.26. The van der Waals surface area contributed by atoms with Crippen molar-refractivity contribution >= 4 is 11.6 Å². The second kappa shape index (κ2) is 4.98. The standard InChI is InChI=1S/C14H20N2O2/c1-9(2)10-4-5-12(13(6-10)18-3)16-8-11(15)7-14(16)17/h4-6,9,11H,7-8,15H2,1-3H3. The third-order valence-corrected chi connectivity index (χ3v) is 3.32. The van der Waals surface area contributed by atoms with Gasteiger partial charge in [-0.05, 0) is 23.6 Å². The molecule has 1 amide bonds. The van der Waals surface area contributed by atoms with Crippen LogP contribution in [0.5, 0.6) is 5.75 Å². The van der Waals surface area contributed by atoms with Gasteiger partial charge in [0.15, 0.2) is 0 Å². The van der Waals surface area contributed by atoms with E-state index < -0.39 is 0 Å². The summed E-state index contributed by atoms with van der Waals surface area (Å²) in [6.45, 7) is 4.83. The minimum atomic E-state index is -0.0769. The van der Waals surface area contributed by atoms with Gasteiger partial charge in [-0.25, -0.2) is 0 Å². The molecule has 2 rings (SSSR count). The van der Waals surface area contributed by atoms with Crippen LogP contribution in [0.1, 0.15) is 31.7 Å². The quantitative estimate of drug-likeness (QED) is 0.888. The highest BCUT2D eigenvalue weighted by atomic mass is 16.5. The number of carbonyl (C=O) groups excluding carboxylic acids is 1. The number of benzene rings is 1. The fraction of sp³-hybridized carbons (Fsp3) is 0.500. The number of methoxy groups -OCH3 is 1. The number of hydrogen-bond donors (Lipinski definition) is 1. The Labute approximate surface area is 108 Å². The van der Waals surface area contributed by atoms with Gasteiger partial charge < -0.3 is 15.4 Å². The Morgan fingerprint density at radius 1 is 1.44 bits per heavy atom. The molecule has 98 valence electrons. The van der Waals surface area contributed by atoms with Crippen molar-refractivity contribution < 1.29 is 9.53 Å². The summed E-state index contributed by atoms with van der Waals surface area (Å²) in [6.07, 6.45) is 0.412. The lowest BCUT2D eigenvalue weighted by Crippen LogP contribution is -2.28. The van der Waals surface area contributed by atoms with Crippen LogP contribution >= 0.6 is 0 Å². The molecule has 1 unspecified atom stereocenters. The molecule has 1 heterocycles. The zero-order chi connectivity index (χ0) is 13.3. The number of hydrogen-bond acceptors (Lipinski definition) is 3. The van der Waals surface area contributed by atoms with Crippen LogP contribution in [0.2, 0.25) is 0 Å². The van der Waals surface area contributed by atoms with Crippen LogP contribution < -0.4 is 15.4 Å².